The van der Waals surface area contributed by atoms with Gasteiger partial charge in [0.15, 0.2) is 0 Å². The summed E-state index contributed by atoms with van der Waals surface area (Å²) in [5.74, 6) is -0.331. The fourth-order valence-corrected chi connectivity index (χ4v) is 8.07. The van der Waals surface area contributed by atoms with Crippen LogP contribution in [0.25, 0.3) is 22.2 Å². The highest BCUT2D eigenvalue weighted by Crippen LogP contribution is 2.47. The van der Waals surface area contributed by atoms with Crippen molar-refractivity contribution in [2.24, 2.45) is 5.92 Å². The lowest BCUT2D eigenvalue weighted by Gasteiger charge is -2.37. The van der Waals surface area contributed by atoms with Gasteiger partial charge in [-0.1, -0.05) is 25.3 Å². The zero-order chi connectivity index (χ0) is 32.2. The van der Waals surface area contributed by atoms with E-state index < -0.39 is 28.3 Å². The molecule has 1 atom stereocenters. The molecule has 3 heterocycles. The summed E-state index contributed by atoms with van der Waals surface area (Å²) < 4.78 is 32.4. The van der Waals surface area contributed by atoms with Crippen LogP contribution < -0.4 is 9.46 Å². The molecule has 244 valence electrons. The maximum Gasteiger partial charge on any atom is 0.264 e. The number of carbonyl (C=O) groups excluding carboxylic acids is 3. The van der Waals surface area contributed by atoms with Crippen LogP contribution in [0, 0.1) is 5.92 Å². The summed E-state index contributed by atoms with van der Waals surface area (Å²) in [6.45, 7) is 1.94. The summed E-state index contributed by atoms with van der Waals surface area (Å²) in [5, 5.41) is 11.3. The normalized spacial score (nSPS) is 21.0. The number of nitrogens with zero attached hydrogens (tertiary/aromatic N) is 3. The van der Waals surface area contributed by atoms with Crippen LogP contribution in [0.15, 0.2) is 36.4 Å². The lowest BCUT2D eigenvalue weighted by atomic mass is 9.81. The van der Waals surface area contributed by atoms with Gasteiger partial charge in [-0.3, -0.25) is 19.1 Å². The van der Waals surface area contributed by atoms with Crippen LogP contribution in [-0.2, 0) is 33.4 Å². The minimum absolute atomic E-state index is 0.00262. The Hall–Kier alpha value is -3.90. The average Bonchev–Trinajstić information content (AvgIpc) is 3.78. The van der Waals surface area contributed by atoms with E-state index in [1.165, 1.54) is 12.0 Å². The van der Waals surface area contributed by atoms with Crippen molar-refractivity contribution in [2.75, 3.05) is 33.3 Å². The minimum atomic E-state index is -3.11. The number of nitrogens with one attached hydrogen (secondary N) is 1. The Labute approximate surface area is 269 Å². The predicted molar refractivity (Wildman–Crippen MR) is 172 cm³/mol. The fourth-order valence-electron chi connectivity index (χ4n) is 7.78. The minimum Gasteiger partial charge on any atom is -0.497 e. The lowest BCUT2D eigenvalue weighted by molar-refractivity contribution is -0.148. The zero-order valence-corrected chi connectivity index (χ0v) is 26.9. The first-order valence-corrected chi connectivity index (χ1v) is 17.4. The number of benzene rings is 2. The SMILES string of the molecule is COc1ccc2c(c1)CC(C(=O)N1CCN(C(=O)C3(O)CC3)CC1)Cn1c-2c(C2CCCCC2)c2ccc(C(=O)N[SH](=O)=O)cc21. The summed E-state index contributed by atoms with van der Waals surface area (Å²) in [6.07, 6.45) is 7.05. The second kappa shape index (κ2) is 12.0. The molecular formula is C34H40N4O7S. The molecule has 2 N–H and O–H groups in total. The summed E-state index contributed by atoms with van der Waals surface area (Å²) in [7, 11) is -1.47. The Morgan fingerprint density at radius 1 is 0.957 bits per heavy atom. The third-order valence-electron chi connectivity index (χ3n) is 10.4. The standard InChI is InChI=1S/C34H40N4O7S/c1-45-25-8-10-26-23(18-25)17-24(32(40)36-13-15-37(16-14-36)33(41)34(42)11-12-34)20-38-28-19-22(31(39)35-46(43)44)7-9-27(28)29(30(26)38)21-5-3-2-4-6-21/h7-10,18-19,21,24,42,46H,2-6,11-17,20H2,1H3,(H,35,39,43,44). The number of ether oxygens (including phenoxy) is 1. The Balaban J connectivity index is 1.31. The van der Waals surface area contributed by atoms with Crippen molar-refractivity contribution in [3.63, 3.8) is 0 Å². The van der Waals surface area contributed by atoms with Crippen LogP contribution in [-0.4, -0.2) is 84.5 Å². The van der Waals surface area contributed by atoms with Crippen molar-refractivity contribution >= 4 is 39.5 Å². The van der Waals surface area contributed by atoms with Gasteiger partial charge in [0.2, 0.25) is 16.8 Å². The van der Waals surface area contributed by atoms with Crippen molar-refractivity contribution in [3.05, 3.63) is 53.1 Å². The molecule has 2 saturated carbocycles. The molecule has 2 aliphatic heterocycles. The highest BCUT2D eigenvalue weighted by Gasteiger charge is 2.50. The number of piperazine rings is 1. The molecule has 11 nitrogen and oxygen atoms in total. The lowest BCUT2D eigenvalue weighted by Crippen LogP contribution is -2.54. The van der Waals surface area contributed by atoms with Crippen LogP contribution in [0.4, 0.5) is 0 Å². The van der Waals surface area contributed by atoms with E-state index in [1.807, 2.05) is 27.8 Å². The van der Waals surface area contributed by atoms with Crippen molar-refractivity contribution in [1.82, 2.24) is 19.1 Å². The molecule has 1 saturated heterocycles. The molecule has 7 rings (SSSR count). The molecule has 12 heteroatoms. The Kier molecular flexibility index (Phi) is 8.04. The number of fused-ring (bicyclic) bond motifs is 5. The van der Waals surface area contributed by atoms with E-state index in [0.717, 1.165) is 53.4 Å². The number of rotatable bonds is 6. The Morgan fingerprint density at radius 3 is 2.35 bits per heavy atom. The smallest absolute Gasteiger partial charge is 0.264 e. The van der Waals surface area contributed by atoms with Gasteiger partial charge in [0.25, 0.3) is 11.8 Å². The van der Waals surface area contributed by atoms with Gasteiger partial charge in [0, 0.05) is 54.8 Å². The van der Waals surface area contributed by atoms with Crippen molar-refractivity contribution in [2.45, 2.75) is 69.4 Å². The number of aromatic nitrogens is 1. The van der Waals surface area contributed by atoms with Crippen LogP contribution in [0.3, 0.4) is 0 Å². The monoisotopic (exact) mass is 648 g/mol. The summed E-state index contributed by atoms with van der Waals surface area (Å²) >= 11 is 0. The van der Waals surface area contributed by atoms with Crippen molar-refractivity contribution in [1.29, 1.82) is 0 Å². The first-order chi connectivity index (χ1) is 22.2. The van der Waals surface area contributed by atoms with Gasteiger partial charge in [-0.2, -0.15) is 0 Å². The molecule has 3 fully saturated rings. The molecule has 1 unspecified atom stereocenters. The van der Waals surface area contributed by atoms with Crippen molar-refractivity contribution in [3.8, 4) is 17.0 Å². The molecule has 2 aromatic carbocycles. The number of amides is 3. The molecule has 0 bridgehead atoms. The number of thiol groups is 1. The second-order valence-electron chi connectivity index (χ2n) is 13.2. The quantitative estimate of drug-likeness (QED) is 0.350. The molecule has 46 heavy (non-hydrogen) atoms. The molecule has 0 spiro atoms. The first-order valence-electron chi connectivity index (χ1n) is 16.3. The zero-order valence-electron chi connectivity index (χ0n) is 26.0. The van der Waals surface area contributed by atoms with Gasteiger partial charge < -0.3 is 24.2 Å². The van der Waals surface area contributed by atoms with Crippen LogP contribution in [0.2, 0.25) is 0 Å². The summed E-state index contributed by atoms with van der Waals surface area (Å²) in [5.41, 5.74) is 4.15. The second-order valence-corrected chi connectivity index (χ2v) is 13.9. The van der Waals surface area contributed by atoms with E-state index in [4.69, 9.17) is 4.74 Å². The van der Waals surface area contributed by atoms with Crippen LogP contribution in [0.1, 0.15) is 72.3 Å². The maximum atomic E-state index is 14.3. The predicted octanol–water partition coefficient (Wildman–Crippen LogP) is 2.99. The topological polar surface area (TPSA) is 138 Å². The molecule has 2 aliphatic carbocycles. The number of carbonyl (C=O) groups is 3. The highest BCUT2D eigenvalue weighted by atomic mass is 32.2. The molecule has 3 aromatic rings. The first kappa shape index (κ1) is 30.7. The molecule has 4 aliphatic rings. The number of aliphatic hydroxyl groups is 1. The van der Waals surface area contributed by atoms with Gasteiger partial charge in [-0.05, 0) is 79.5 Å². The van der Waals surface area contributed by atoms with Crippen LogP contribution >= 0.6 is 0 Å². The van der Waals surface area contributed by atoms with E-state index in [0.29, 0.717) is 63.7 Å². The van der Waals surface area contributed by atoms with Crippen molar-refractivity contribution < 1.29 is 32.6 Å². The van der Waals surface area contributed by atoms with Gasteiger partial charge in [0.05, 0.1) is 18.7 Å². The Bertz CT molecular complexity index is 1790. The van der Waals surface area contributed by atoms with Gasteiger partial charge in [-0.25, -0.2) is 8.42 Å². The molecule has 0 radical (unpaired) electrons. The van der Waals surface area contributed by atoms with Gasteiger partial charge >= 0.3 is 0 Å². The summed E-state index contributed by atoms with van der Waals surface area (Å²) in [6, 6.07) is 11.4. The maximum absolute atomic E-state index is 14.3. The third-order valence-corrected chi connectivity index (χ3v) is 10.7. The molecular weight excluding hydrogens is 608 g/mol. The summed E-state index contributed by atoms with van der Waals surface area (Å²) in [4.78, 5) is 43.3. The number of methoxy groups -OCH3 is 1. The highest BCUT2D eigenvalue weighted by molar-refractivity contribution is 7.71. The molecule has 1 aromatic heterocycles. The number of hydrogen-bond donors (Lipinski definition) is 3. The van der Waals surface area contributed by atoms with Gasteiger partial charge in [0.1, 0.15) is 11.4 Å². The largest absolute Gasteiger partial charge is 0.497 e. The fraction of sp³-hybridized carbons (Fsp3) is 0.500. The van der Waals surface area contributed by atoms with E-state index in [2.05, 4.69) is 10.6 Å². The van der Waals surface area contributed by atoms with E-state index in [1.54, 1.807) is 24.1 Å². The van der Waals surface area contributed by atoms with E-state index in [-0.39, 0.29) is 17.4 Å². The van der Waals surface area contributed by atoms with E-state index in [9.17, 15) is 27.9 Å². The Morgan fingerprint density at radius 2 is 1.67 bits per heavy atom. The number of hydrogen-bond acceptors (Lipinski definition) is 7. The van der Waals surface area contributed by atoms with Gasteiger partial charge in [-0.15, -0.1) is 0 Å². The van der Waals surface area contributed by atoms with E-state index >= 15 is 0 Å². The molecule has 3 amide bonds. The average molecular weight is 649 g/mol. The third kappa shape index (κ3) is 5.55. The van der Waals surface area contributed by atoms with Crippen LogP contribution in [0.5, 0.6) is 5.75 Å².